The largest absolute Gasteiger partial charge is 0.346 e. The summed E-state index contributed by atoms with van der Waals surface area (Å²) in [6, 6.07) is 13.5. The summed E-state index contributed by atoms with van der Waals surface area (Å²) in [6.45, 7) is 2.92. The summed E-state index contributed by atoms with van der Waals surface area (Å²) in [4.78, 5) is 45.6. The van der Waals surface area contributed by atoms with E-state index >= 15 is 0 Å². The summed E-state index contributed by atoms with van der Waals surface area (Å²) in [6.07, 6.45) is 5.46. The molecule has 3 aromatic heterocycles. The molecule has 0 spiro atoms. The molecule has 9 heteroatoms. The van der Waals surface area contributed by atoms with Crippen LogP contribution in [0.4, 0.5) is 5.69 Å². The summed E-state index contributed by atoms with van der Waals surface area (Å²) < 4.78 is 0. The second kappa shape index (κ2) is 9.01. The number of likely N-dealkylation sites (N-methyl/N-ethyl adjacent to an activating group) is 1. The summed E-state index contributed by atoms with van der Waals surface area (Å²) in [5.41, 5.74) is 6.61. The topological polar surface area (TPSA) is 107 Å². The van der Waals surface area contributed by atoms with E-state index in [0.717, 1.165) is 45.5 Å². The third-order valence-corrected chi connectivity index (χ3v) is 6.73. The lowest BCUT2D eigenvalue weighted by atomic mass is 9.97. The fourth-order valence-corrected chi connectivity index (χ4v) is 4.76. The van der Waals surface area contributed by atoms with Crippen LogP contribution in [-0.2, 0) is 17.9 Å². The van der Waals surface area contributed by atoms with E-state index in [1.165, 1.54) is 0 Å². The number of amides is 2. The molecular formula is C27H25N7O2. The van der Waals surface area contributed by atoms with Crippen molar-refractivity contribution < 1.29 is 9.59 Å². The number of H-pyrrole nitrogens is 1. The minimum atomic E-state index is -0.285. The number of benzene rings is 1. The average molecular weight is 480 g/mol. The molecule has 36 heavy (non-hydrogen) atoms. The lowest BCUT2D eigenvalue weighted by Crippen LogP contribution is -2.48. The van der Waals surface area contributed by atoms with Gasteiger partial charge in [0, 0.05) is 56.2 Å². The summed E-state index contributed by atoms with van der Waals surface area (Å²) in [5.74, 6) is -0.191. The predicted octanol–water partition coefficient (Wildman–Crippen LogP) is 3.08. The van der Waals surface area contributed by atoms with Gasteiger partial charge in [-0.25, -0.2) is 9.97 Å². The molecule has 0 atom stereocenters. The number of nitrogens with one attached hydrogen (secondary N) is 2. The van der Waals surface area contributed by atoms with E-state index in [9.17, 15) is 9.59 Å². The zero-order valence-corrected chi connectivity index (χ0v) is 19.9. The van der Waals surface area contributed by atoms with Crippen molar-refractivity contribution in [3.05, 3.63) is 77.4 Å². The van der Waals surface area contributed by atoms with Gasteiger partial charge in [0.15, 0.2) is 0 Å². The molecule has 1 saturated heterocycles. The second-order valence-corrected chi connectivity index (χ2v) is 9.16. The Morgan fingerprint density at radius 3 is 2.97 bits per heavy atom. The van der Waals surface area contributed by atoms with Gasteiger partial charge in [0.1, 0.15) is 11.3 Å². The fraction of sp³-hybridized carbons (Fsp3) is 0.222. The maximum absolute atomic E-state index is 13.3. The second-order valence-electron chi connectivity index (χ2n) is 9.16. The van der Waals surface area contributed by atoms with Crippen LogP contribution in [0.15, 0.2) is 59.9 Å². The monoisotopic (exact) mass is 479 g/mol. The molecule has 0 aliphatic carbocycles. The van der Waals surface area contributed by atoms with Gasteiger partial charge in [-0.2, -0.15) is 0 Å². The highest BCUT2D eigenvalue weighted by atomic mass is 16.2. The molecule has 0 radical (unpaired) electrons. The highest BCUT2D eigenvalue weighted by Gasteiger charge is 2.22. The first-order valence-corrected chi connectivity index (χ1v) is 11.9. The Balaban J connectivity index is 1.27. The Morgan fingerprint density at radius 2 is 2.08 bits per heavy atom. The van der Waals surface area contributed by atoms with Crippen molar-refractivity contribution in [2.24, 2.45) is 4.99 Å². The molecule has 5 heterocycles. The number of hydrogen-bond acceptors (Lipinski definition) is 6. The van der Waals surface area contributed by atoms with Crippen LogP contribution in [0, 0.1) is 0 Å². The highest BCUT2D eigenvalue weighted by molar-refractivity contribution is 6.07. The first kappa shape index (κ1) is 22.1. The van der Waals surface area contributed by atoms with E-state index in [-0.39, 0.29) is 11.8 Å². The standard InChI is InChI=1S/C27H25N7O2/c1-33-9-10-34(16-25(33)35)15-19-3-2-4-23(31-19)27(36)32-24-12-17(11-18-13-28-14-22(18)24)20-5-7-29-26-21(20)6-8-30-26/h2-8,11-12,14H,9-10,13,15-16H2,1H3,(H,29,30)(H,32,36). The highest BCUT2D eigenvalue weighted by Crippen LogP contribution is 2.34. The predicted molar refractivity (Wildman–Crippen MR) is 138 cm³/mol. The summed E-state index contributed by atoms with van der Waals surface area (Å²) >= 11 is 0. The number of piperazine rings is 1. The molecule has 6 rings (SSSR count). The van der Waals surface area contributed by atoms with Crippen molar-refractivity contribution in [2.45, 2.75) is 13.1 Å². The lowest BCUT2D eigenvalue weighted by Gasteiger charge is -2.31. The van der Waals surface area contributed by atoms with Crippen LogP contribution >= 0.6 is 0 Å². The van der Waals surface area contributed by atoms with E-state index in [0.29, 0.717) is 37.6 Å². The van der Waals surface area contributed by atoms with Crippen molar-refractivity contribution in [2.75, 3.05) is 32.0 Å². The summed E-state index contributed by atoms with van der Waals surface area (Å²) in [7, 11) is 1.81. The number of nitrogens with zero attached hydrogens (tertiary/aromatic N) is 5. The number of aromatic nitrogens is 3. The van der Waals surface area contributed by atoms with Crippen LogP contribution in [-0.4, -0.2) is 69.5 Å². The molecule has 2 aliphatic rings. The van der Waals surface area contributed by atoms with E-state index in [1.807, 2.05) is 43.6 Å². The normalized spacial score (nSPS) is 15.5. The number of rotatable bonds is 5. The molecule has 180 valence electrons. The van der Waals surface area contributed by atoms with Gasteiger partial charge in [-0.15, -0.1) is 0 Å². The molecular weight excluding hydrogens is 454 g/mol. The van der Waals surface area contributed by atoms with Crippen molar-refractivity contribution in [3.8, 4) is 11.1 Å². The van der Waals surface area contributed by atoms with Crippen LogP contribution in [0.2, 0.25) is 0 Å². The Morgan fingerprint density at radius 1 is 1.17 bits per heavy atom. The van der Waals surface area contributed by atoms with Gasteiger partial charge in [0.05, 0.1) is 24.5 Å². The van der Waals surface area contributed by atoms with Gasteiger partial charge in [0.2, 0.25) is 5.91 Å². The minimum Gasteiger partial charge on any atom is -0.346 e. The number of pyridine rings is 2. The number of fused-ring (bicyclic) bond motifs is 2. The maximum atomic E-state index is 13.3. The SMILES string of the molecule is CN1CCN(Cc2cccc(C(=O)Nc3cc(-c4ccnc5[nH]ccc45)cc4c3C=NC4)n2)CC1=O. The molecule has 4 aromatic rings. The fourth-order valence-electron chi connectivity index (χ4n) is 4.76. The van der Waals surface area contributed by atoms with Crippen molar-refractivity contribution in [1.29, 1.82) is 0 Å². The van der Waals surface area contributed by atoms with Gasteiger partial charge >= 0.3 is 0 Å². The van der Waals surface area contributed by atoms with Crippen LogP contribution < -0.4 is 5.32 Å². The molecule has 1 aromatic carbocycles. The molecule has 1 fully saturated rings. The van der Waals surface area contributed by atoms with Crippen LogP contribution in [0.1, 0.15) is 27.3 Å². The van der Waals surface area contributed by atoms with Gasteiger partial charge < -0.3 is 15.2 Å². The van der Waals surface area contributed by atoms with Crippen molar-refractivity contribution >= 4 is 34.7 Å². The van der Waals surface area contributed by atoms with Crippen molar-refractivity contribution in [3.63, 3.8) is 0 Å². The van der Waals surface area contributed by atoms with E-state index < -0.39 is 0 Å². The molecule has 0 saturated carbocycles. The zero-order valence-electron chi connectivity index (χ0n) is 19.9. The maximum Gasteiger partial charge on any atom is 0.274 e. The van der Waals surface area contributed by atoms with Gasteiger partial charge in [0.25, 0.3) is 5.91 Å². The van der Waals surface area contributed by atoms with Gasteiger partial charge in [-0.05, 0) is 53.1 Å². The van der Waals surface area contributed by atoms with Crippen LogP contribution in [0.25, 0.3) is 22.2 Å². The third-order valence-electron chi connectivity index (χ3n) is 6.73. The first-order valence-electron chi connectivity index (χ1n) is 11.9. The van der Waals surface area contributed by atoms with E-state index in [4.69, 9.17) is 0 Å². The lowest BCUT2D eigenvalue weighted by molar-refractivity contribution is -0.134. The van der Waals surface area contributed by atoms with E-state index in [1.54, 1.807) is 23.4 Å². The van der Waals surface area contributed by atoms with Gasteiger partial charge in [-0.3, -0.25) is 19.5 Å². The number of carbonyl (C=O) groups is 2. The summed E-state index contributed by atoms with van der Waals surface area (Å²) in [5, 5.41) is 4.08. The van der Waals surface area contributed by atoms with Crippen LogP contribution in [0.5, 0.6) is 0 Å². The average Bonchev–Trinajstić information content (AvgIpc) is 3.56. The Labute approximate surface area is 207 Å². The molecule has 9 nitrogen and oxygen atoms in total. The van der Waals surface area contributed by atoms with Gasteiger partial charge in [-0.1, -0.05) is 6.07 Å². The Hall–Kier alpha value is -4.37. The van der Waals surface area contributed by atoms with Crippen LogP contribution in [0.3, 0.4) is 0 Å². The van der Waals surface area contributed by atoms with E-state index in [2.05, 4.69) is 36.2 Å². The number of carbonyl (C=O) groups excluding carboxylic acids is 2. The molecule has 0 unspecified atom stereocenters. The molecule has 2 aliphatic heterocycles. The number of anilines is 1. The number of aromatic amines is 1. The number of hydrogen-bond donors (Lipinski definition) is 2. The Bertz CT molecular complexity index is 1520. The van der Waals surface area contributed by atoms with Crippen molar-refractivity contribution in [1.82, 2.24) is 24.8 Å². The quantitative estimate of drug-likeness (QED) is 0.458. The number of aliphatic imine (C=N–C) groups is 1. The Kier molecular flexibility index (Phi) is 5.54. The molecule has 0 bridgehead atoms. The first-order chi connectivity index (χ1) is 17.5. The minimum absolute atomic E-state index is 0.0941. The smallest absolute Gasteiger partial charge is 0.274 e. The third kappa shape index (κ3) is 4.14. The molecule has 2 N–H and O–H groups in total. The molecule has 2 amide bonds. The zero-order chi connectivity index (χ0) is 24.6.